The zero-order valence-electron chi connectivity index (χ0n) is 22.4. The maximum atomic E-state index is 13.2. The maximum Gasteiger partial charge on any atom is 0.416 e. The SMILES string of the molecule is CCCNc1ccc(S(=O)(=O)NCCCc2nc(CC(C)C)cs2)c(NS(=O)(=O)c2cccc(C(F)(F)F)c2)c1. The molecule has 0 radical (unpaired) electrons. The second-order valence-electron chi connectivity index (χ2n) is 9.60. The number of nitrogens with one attached hydrogen (secondary N) is 3. The summed E-state index contributed by atoms with van der Waals surface area (Å²) in [6.45, 7) is 6.75. The molecular formula is C26H33F3N4O4S3. The molecular weight excluding hydrogens is 586 g/mol. The summed E-state index contributed by atoms with van der Waals surface area (Å²) in [7, 11) is -8.74. The molecule has 0 aliphatic rings. The van der Waals surface area contributed by atoms with E-state index in [1.165, 1.54) is 29.5 Å². The lowest BCUT2D eigenvalue weighted by molar-refractivity contribution is -0.137. The molecule has 3 rings (SSSR count). The Morgan fingerprint density at radius 2 is 1.75 bits per heavy atom. The van der Waals surface area contributed by atoms with Crippen molar-refractivity contribution in [1.82, 2.24) is 9.71 Å². The first kappa shape index (κ1) is 31.8. The van der Waals surface area contributed by atoms with Crippen molar-refractivity contribution in [2.75, 3.05) is 23.1 Å². The molecule has 0 bridgehead atoms. The minimum absolute atomic E-state index is 0.0804. The fraction of sp³-hybridized carbons (Fsp3) is 0.423. The smallest absolute Gasteiger partial charge is 0.385 e. The molecule has 220 valence electrons. The number of sulfonamides is 2. The molecule has 0 atom stereocenters. The number of aryl methyl sites for hydroxylation is 1. The van der Waals surface area contributed by atoms with Crippen LogP contribution in [0.15, 0.2) is 57.6 Å². The molecule has 3 aromatic rings. The van der Waals surface area contributed by atoms with Gasteiger partial charge in [0, 0.05) is 30.6 Å². The lowest BCUT2D eigenvalue weighted by Gasteiger charge is -2.16. The van der Waals surface area contributed by atoms with Gasteiger partial charge in [-0.2, -0.15) is 13.2 Å². The van der Waals surface area contributed by atoms with Crippen molar-refractivity contribution in [3.8, 4) is 0 Å². The van der Waals surface area contributed by atoms with Gasteiger partial charge in [0.25, 0.3) is 10.0 Å². The summed E-state index contributed by atoms with van der Waals surface area (Å²) in [5.41, 5.74) is 0.0256. The van der Waals surface area contributed by atoms with E-state index in [9.17, 15) is 30.0 Å². The normalized spacial score (nSPS) is 12.6. The van der Waals surface area contributed by atoms with Crippen LogP contribution >= 0.6 is 11.3 Å². The van der Waals surface area contributed by atoms with E-state index in [1.54, 1.807) is 0 Å². The molecule has 0 amide bonds. The van der Waals surface area contributed by atoms with Gasteiger partial charge in [0.2, 0.25) is 10.0 Å². The molecule has 0 fully saturated rings. The molecule has 0 aliphatic heterocycles. The Balaban J connectivity index is 1.81. The van der Waals surface area contributed by atoms with Crippen molar-refractivity contribution in [1.29, 1.82) is 0 Å². The molecule has 40 heavy (non-hydrogen) atoms. The first-order valence-electron chi connectivity index (χ1n) is 12.7. The van der Waals surface area contributed by atoms with Gasteiger partial charge in [0.05, 0.1) is 26.8 Å². The van der Waals surface area contributed by atoms with Gasteiger partial charge in [0.15, 0.2) is 0 Å². The quantitative estimate of drug-likeness (QED) is 0.194. The van der Waals surface area contributed by atoms with Gasteiger partial charge in [-0.1, -0.05) is 26.8 Å². The van der Waals surface area contributed by atoms with Gasteiger partial charge in [-0.05, 0) is 61.6 Å². The Hall–Kier alpha value is -2.68. The number of thiazole rings is 1. The Morgan fingerprint density at radius 1 is 1.00 bits per heavy atom. The minimum atomic E-state index is -4.75. The van der Waals surface area contributed by atoms with E-state index in [1.807, 2.05) is 12.3 Å². The molecule has 0 unspecified atom stereocenters. The van der Waals surface area contributed by atoms with E-state index < -0.39 is 36.7 Å². The van der Waals surface area contributed by atoms with Crippen molar-refractivity contribution >= 4 is 42.8 Å². The van der Waals surface area contributed by atoms with Crippen molar-refractivity contribution in [2.45, 2.75) is 62.4 Å². The molecule has 0 aliphatic carbocycles. The third-order valence-electron chi connectivity index (χ3n) is 5.64. The highest BCUT2D eigenvalue weighted by Gasteiger charge is 2.32. The molecule has 0 saturated heterocycles. The number of anilines is 2. The Bertz CT molecular complexity index is 1510. The first-order valence-corrected chi connectivity index (χ1v) is 16.6. The summed E-state index contributed by atoms with van der Waals surface area (Å²) >= 11 is 1.52. The zero-order valence-corrected chi connectivity index (χ0v) is 24.8. The van der Waals surface area contributed by atoms with Crippen LogP contribution in [-0.4, -0.2) is 34.9 Å². The number of aromatic nitrogens is 1. The highest BCUT2D eigenvalue weighted by molar-refractivity contribution is 7.93. The number of hydrogen-bond acceptors (Lipinski definition) is 7. The molecule has 8 nitrogen and oxygen atoms in total. The van der Waals surface area contributed by atoms with Crippen LogP contribution in [0.1, 0.15) is 49.9 Å². The molecule has 3 N–H and O–H groups in total. The Labute approximate surface area is 237 Å². The fourth-order valence-electron chi connectivity index (χ4n) is 3.77. The summed E-state index contributed by atoms with van der Waals surface area (Å²) in [6.07, 6.45) is -2.09. The average Bonchev–Trinajstić information content (AvgIpc) is 3.31. The number of hydrogen-bond donors (Lipinski definition) is 3. The highest BCUT2D eigenvalue weighted by atomic mass is 32.2. The van der Waals surface area contributed by atoms with E-state index in [0.29, 0.717) is 37.1 Å². The van der Waals surface area contributed by atoms with E-state index in [2.05, 4.69) is 33.6 Å². The standard InChI is InChI=1S/C26H33F3N4O4S3/c1-4-12-30-20-10-11-24(40(36,37)31-13-6-9-25-32-21(17-38-25)14-18(2)3)23(16-20)33-39(34,35)22-8-5-7-19(15-22)26(27,28)29/h5,7-8,10-11,15-18,30-31,33H,4,6,9,12-14H2,1-3H3. The fourth-order valence-corrected chi connectivity index (χ4v) is 7.02. The van der Waals surface area contributed by atoms with Crippen molar-refractivity contribution < 1.29 is 30.0 Å². The van der Waals surface area contributed by atoms with E-state index in [0.717, 1.165) is 41.7 Å². The largest absolute Gasteiger partial charge is 0.416 e. The predicted octanol–water partition coefficient (Wildman–Crippen LogP) is 5.89. The van der Waals surface area contributed by atoms with Crippen molar-refractivity contribution in [3.05, 3.63) is 64.1 Å². The third-order valence-corrected chi connectivity index (χ3v) is 9.48. The molecule has 0 saturated carbocycles. The summed E-state index contributed by atoms with van der Waals surface area (Å²) < 4.78 is 96.7. The summed E-state index contributed by atoms with van der Waals surface area (Å²) in [5, 5.41) is 5.94. The van der Waals surface area contributed by atoms with Crippen LogP contribution in [0, 0.1) is 5.92 Å². The van der Waals surface area contributed by atoms with Crippen molar-refractivity contribution in [2.24, 2.45) is 5.92 Å². The van der Waals surface area contributed by atoms with Crippen LogP contribution < -0.4 is 14.8 Å². The lowest BCUT2D eigenvalue weighted by Crippen LogP contribution is -2.27. The number of alkyl halides is 3. The average molecular weight is 619 g/mol. The number of rotatable bonds is 14. The monoisotopic (exact) mass is 618 g/mol. The van der Waals surface area contributed by atoms with E-state index >= 15 is 0 Å². The zero-order chi connectivity index (χ0) is 29.6. The second-order valence-corrected chi connectivity index (χ2v) is 14.0. The molecule has 0 spiro atoms. The van der Waals surface area contributed by atoms with Gasteiger partial charge < -0.3 is 5.32 Å². The number of nitrogens with zero attached hydrogens (tertiary/aromatic N) is 1. The van der Waals surface area contributed by atoms with Crippen LogP contribution in [0.5, 0.6) is 0 Å². The van der Waals surface area contributed by atoms with Crippen LogP contribution in [-0.2, 0) is 39.1 Å². The number of halogens is 3. The number of benzene rings is 2. The summed E-state index contributed by atoms with van der Waals surface area (Å²) in [6, 6.07) is 7.30. The first-order chi connectivity index (χ1) is 18.7. The second kappa shape index (κ2) is 13.3. The highest BCUT2D eigenvalue weighted by Crippen LogP contribution is 2.32. The van der Waals surface area contributed by atoms with Crippen molar-refractivity contribution in [3.63, 3.8) is 0 Å². The van der Waals surface area contributed by atoms with Gasteiger partial charge in [-0.25, -0.2) is 26.5 Å². The third kappa shape index (κ3) is 8.91. The summed E-state index contributed by atoms with van der Waals surface area (Å²) in [4.78, 5) is 3.57. The Kier molecular flexibility index (Phi) is 10.6. The van der Waals surface area contributed by atoms with Gasteiger partial charge in [-0.3, -0.25) is 4.72 Å². The van der Waals surface area contributed by atoms with E-state index in [4.69, 9.17) is 0 Å². The maximum absolute atomic E-state index is 13.2. The van der Waals surface area contributed by atoms with Crippen LogP contribution in [0.3, 0.4) is 0 Å². The van der Waals surface area contributed by atoms with Crippen LogP contribution in [0.25, 0.3) is 0 Å². The topological polar surface area (TPSA) is 117 Å². The molecule has 1 heterocycles. The van der Waals surface area contributed by atoms with Gasteiger partial charge in [-0.15, -0.1) is 11.3 Å². The minimum Gasteiger partial charge on any atom is -0.385 e. The van der Waals surface area contributed by atoms with E-state index in [-0.39, 0.29) is 17.1 Å². The molecule has 2 aromatic carbocycles. The molecule has 1 aromatic heterocycles. The Morgan fingerprint density at radius 3 is 2.42 bits per heavy atom. The van der Waals surface area contributed by atoms with Gasteiger partial charge >= 0.3 is 6.18 Å². The van der Waals surface area contributed by atoms with Crippen LogP contribution in [0.4, 0.5) is 24.5 Å². The summed E-state index contributed by atoms with van der Waals surface area (Å²) in [5.74, 6) is 0.477. The predicted molar refractivity (Wildman–Crippen MR) is 152 cm³/mol. The lowest BCUT2D eigenvalue weighted by atomic mass is 10.1. The van der Waals surface area contributed by atoms with Crippen LogP contribution in [0.2, 0.25) is 0 Å². The molecule has 14 heteroatoms. The van der Waals surface area contributed by atoms with Gasteiger partial charge in [0.1, 0.15) is 4.90 Å².